The molecule has 0 fully saturated rings. The fourth-order valence-corrected chi connectivity index (χ4v) is 1.63. The van der Waals surface area contributed by atoms with Crippen molar-refractivity contribution in [2.45, 2.75) is 33.8 Å². The van der Waals surface area contributed by atoms with E-state index in [0.29, 0.717) is 11.4 Å². The van der Waals surface area contributed by atoms with Crippen LogP contribution >= 0.6 is 0 Å². The Morgan fingerprint density at radius 3 is 2.37 bits per heavy atom. The minimum Gasteiger partial charge on any atom is -0.385 e. The summed E-state index contributed by atoms with van der Waals surface area (Å²) in [5.41, 5.74) is 1.68. The third-order valence-corrected chi connectivity index (χ3v) is 2.56. The Morgan fingerprint density at radius 2 is 1.84 bits per heavy atom. The van der Waals surface area contributed by atoms with E-state index >= 15 is 0 Å². The van der Waals surface area contributed by atoms with E-state index in [2.05, 4.69) is 4.98 Å². The molecule has 19 heavy (non-hydrogen) atoms. The molecule has 2 rings (SSSR count). The molecule has 4 heteroatoms. The van der Waals surface area contributed by atoms with E-state index in [1.807, 2.05) is 32.9 Å². The third kappa shape index (κ3) is 3.51. The van der Waals surface area contributed by atoms with E-state index in [4.69, 9.17) is 0 Å². The van der Waals surface area contributed by atoms with Crippen LogP contribution in [0.15, 0.2) is 36.7 Å². The third-order valence-electron chi connectivity index (χ3n) is 2.56. The van der Waals surface area contributed by atoms with Crippen molar-refractivity contribution in [3.05, 3.63) is 53.6 Å². The van der Waals surface area contributed by atoms with Crippen LogP contribution in [0.25, 0.3) is 0 Å². The van der Waals surface area contributed by atoms with E-state index in [1.165, 1.54) is 10.8 Å². The zero-order valence-corrected chi connectivity index (χ0v) is 11.8. The van der Waals surface area contributed by atoms with Gasteiger partial charge in [0, 0.05) is 18.0 Å². The van der Waals surface area contributed by atoms with Crippen LogP contribution < -0.4 is 0 Å². The molecular formula is C15H20N2O2. The number of hydrogen-bond acceptors (Lipinski definition) is 3. The molecule has 1 atom stereocenters. The number of aliphatic hydroxyl groups excluding tert-OH is 1. The van der Waals surface area contributed by atoms with Crippen molar-refractivity contribution in [1.29, 1.82) is 0 Å². The summed E-state index contributed by atoms with van der Waals surface area (Å²) in [4.78, 5) is 16.1. The van der Waals surface area contributed by atoms with E-state index in [9.17, 15) is 9.90 Å². The van der Waals surface area contributed by atoms with Gasteiger partial charge in [0.25, 0.3) is 5.91 Å². The monoisotopic (exact) mass is 260 g/mol. The highest BCUT2D eigenvalue weighted by molar-refractivity contribution is 5.96. The molecule has 1 N–H and O–H groups in total. The van der Waals surface area contributed by atoms with E-state index in [0.717, 1.165) is 5.56 Å². The number of aromatic nitrogens is 2. The number of hydrogen-bond donors (Lipinski definition) is 1. The smallest absolute Gasteiger partial charge is 0.263 e. The van der Waals surface area contributed by atoms with Crippen LogP contribution in [0.2, 0.25) is 0 Å². The Hall–Kier alpha value is -1.94. The van der Waals surface area contributed by atoms with Gasteiger partial charge < -0.3 is 5.11 Å². The summed E-state index contributed by atoms with van der Waals surface area (Å²) in [6.45, 7) is 7.55. The second-order valence-corrected chi connectivity index (χ2v) is 4.00. The number of aryl methyl sites for hydroxylation is 1. The van der Waals surface area contributed by atoms with Gasteiger partial charge >= 0.3 is 0 Å². The first-order valence-electron chi connectivity index (χ1n) is 6.42. The zero-order valence-electron chi connectivity index (χ0n) is 11.8. The highest BCUT2D eigenvalue weighted by Crippen LogP contribution is 2.12. The van der Waals surface area contributed by atoms with Crippen molar-refractivity contribution in [2.24, 2.45) is 0 Å². The first-order valence-corrected chi connectivity index (χ1v) is 6.42. The van der Waals surface area contributed by atoms with Crippen molar-refractivity contribution < 1.29 is 9.90 Å². The van der Waals surface area contributed by atoms with E-state index in [1.54, 1.807) is 25.3 Å². The van der Waals surface area contributed by atoms with Crippen LogP contribution in [0, 0.1) is 6.92 Å². The SMILES string of the molecule is CC.Cc1ccc(C(=O)n2ccnc2C(C)O)cc1. The first-order chi connectivity index (χ1) is 9.09. The molecule has 0 spiro atoms. The van der Waals surface area contributed by atoms with Crippen molar-refractivity contribution in [3.63, 3.8) is 0 Å². The predicted octanol–water partition coefficient (Wildman–Crippen LogP) is 2.96. The molecule has 1 heterocycles. The van der Waals surface area contributed by atoms with Gasteiger partial charge in [0.05, 0.1) is 0 Å². The van der Waals surface area contributed by atoms with Crippen LogP contribution in [0.4, 0.5) is 0 Å². The molecule has 1 aromatic carbocycles. The molecule has 0 saturated carbocycles. The Kier molecular flexibility index (Phi) is 5.45. The number of rotatable bonds is 2. The van der Waals surface area contributed by atoms with Crippen LogP contribution in [0.3, 0.4) is 0 Å². The van der Waals surface area contributed by atoms with E-state index in [-0.39, 0.29) is 5.91 Å². The Labute approximate surface area is 113 Å². The maximum Gasteiger partial charge on any atom is 0.263 e. The van der Waals surface area contributed by atoms with Crippen molar-refractivity contribution in [1.82, 2.24) is 9.55 Å². The summed E-state index contributed by atoms with van der Waals surface area (Å²) in [5, 5.41) is 9.50. The molecule has 0 radical (unpaired) electrons. The average Bonchev–Trinajstić information content (AvgIpc) is 2.90. The van der Waals surface area contributed by atoms with Crippen LogP contribution in [-0.2, 0) is 0 Å². The largest absolute Gasteiger partial charge is 0.385 e. The normalized spacial score (nSPS) is 11.4. The van der Waals surface area contributed by atoms with Gasteiger partial charge in [-0.25, -0.2) is 4.98 Å². The molecule has 2 aromatic rings. The van der Waals surface area contributed by atoms with Crippen molar-refractivity contribution in [3.8, 4) is 0 Å². The molecule has 102 valence electrons. The Bertz CT molecular complexity index is 527. The summed E-state index contributed by atoms with van der Waals surface area (Å²) in [6.07, 6.45) is 2.30. The number of carbonyl (C=O) groups excluding carboxylic acids is 1. The standard InChI is InChI=1S/C13H14N2O2.C2H6/c1-9-3-5-11(6-4-9)13(17)15-8-7-14-12(15)10(2)16;1-2/h3-8,10,16H,1-2H3;1-2H3. The number of aliphatic hydroxyl groups is 1. The second kappa shape index (κ2) is 6.85. The fraction of sp³-hybridized carbons (Fsp3) is 0.333. The van der Waals surface area contributed by atoms with Gasteiger partial charge in [0.15, 0.2) is 0 Å². The number of imidazole rings is 1. The van der Waals surface area contributed by atoms with Gasteiger partial charge in [-0.1, -0.05) is 31.5 Å². The molecule has 1 unspecified atom stereocenters. The molecule has 0 aliphatic heterocycles. The quantitative estimate of drug-likeness (QED) is 0.903. The lowest BCUT2D eigenvalue weighted by Crippen LogP contribution is -2.16. The Morgan fingerprint density at radius 1 is 1.26 bits per heavy atom. The van der Waals surface area contributed by atoms with Crippen LogP contribution in [-0.4, -0.2) is 20.6 Å². The van der Waals surface area contributed by atoms with Gasteiger partial charge in [-0.2, -0.15) is 0 Å². The van der Waals surface area contributed by atoms with Gasteiger partial charge in [0.2, 0.25) is 0 Å². The summed E-state index contributed by atoms with van der Waals surface area (Å²) in [5.74, 6) is 0.175. The fourth-order valence-electron chi connectivity index (χ4n) is 1.63. The summed E-state index contributed by atoms with van der Waals surface area (Å²) in [7, 11) is 0. The molecule has 0 amide bonds. The van der Waals surface area contributed by atoms with Crippen molar-refractivity contribution >= 4 is 5.91 Å². The highest BCUT2D eigenvalue weighted by Gasteiger charge is 2.15. The lowest BCUT2D eigenvalue weighted by molar-refractivity contribution is 0.0938. The van der Waals surface area contributed by atoms with Gasteiger partial charge in [-0.15, -0.1) is 0 Å². The lowest BCUT2D eigenvalue weighted by atomic mass is 10.1. The minimum atomic E-state index is -0.764. The Balaban J connectivity index is 0.000000861. The molecular weight excluding hydrogens is 240 g/mol. The molecule has 0 aliphatic rings. The van der Waals surface area contributed by atoms with E-state index < -0.39 is 6.10 Å². The molecule has 0 saturated heterocycles. The van der Waals surface area contributed by atoms with Crippen LogP contribution in [0.1, 0.15) is 48.6 Å². The van der Waals surface area contributed by atoms with Crippen molar-refractivity contribution in [2.75, 3.05) is 0 Å². The predicted molar refractivity (Wildman–Crippen MR) is 75.1 cm³/mol. The maximum absolute atomic E-state index is 12.2. The molecule has 0 bridgehead atoms. The summed E-state index contributed by atoms with van der Waals surface area (Å²) >= 11 is 0. The van der Waals surface area contributed by atoms with Gasteiger partial charge in [-0.3, -0.25) is 9.36 Å². The summed E-state index contributed by atoms with van der Waals surface area (Å²) in [6, 6.07) is 7.30. The molecule has 1 aromatic heterocycles. The first kappa shape index (κ1) is 15.1. The molecule has 0 aliphatic carbocycles. The number of benzene rings is 1. The zero-order chi connectivity index (χ0) is 14.4. The minimum absolute atomic E-state index is 0.182. The topological polar surface area (TPSA) is 55.1 Å². The maximum atomic E-state index is 12.2. The summed E-state index contributed by atoms with van der Waals surface area (Å²) < 4.78 is 1.37. The second-order valence-electron chi connectivity index (χ2n) is 4.00. The lowest BCUT2D eigenvalue weighted by Gasteiger charge is -2.08. The van der Waals surface area contributed by atoms with Gasteiger partial charge in [0.1, 0.15) is 11.9 Å². The number of carbonyl (C=O) groups is 1. The average molecular weight is 260 g/mol. The highest BCUT2D eigenvalue weighted by atomic mass is 16.3. The van der Waals surface area contributed by atoms with Crippen LogP contribution in [0.5, 0.6) is 0 Å². The number of nitrogens with zero attached hydrogens (tertiary/aromatic N) is 2. The van der Waals surface area contributed by atoms with Gasteiger partial charge in [-0.05, 0) is 26.0 Å². The molecule has 4 nitrogen and oxygen atoms in total.